The number of likely N-dealkylation sites (tertiary alicyclic amines) is 1. The molecule has 0 bridgehead atoms. The van der Waals surface area contributed by atoms with Crippen LogP contribution in [0.1, 0.15) is 25.0 Å². The van der Waals surface area contributed by atoms with Crippen LogP contribution in [0.2, 0.25) is 0 Å². The summed E-state index contributed by atoms with van der Waals surface area (Å²) >= 11 is 0. The van der Waals surface area contributed by atoms with Crippen molar-refractivity contribution in [3.05, 3.63) is 36.0 Å². The molecule has 1 aromatic heterocycles. The van der Waals surface area contributed by atoms with E-state index in [1.807, 2.05) is 37.3 Å². The average molecular weight is 356 g/mol. The Morgan fingerprint density at radius 1 is 1.00 bits per heavy atom. The molecule has 26 heavy (non-hydrogen) atoms. The number of ether oxygens (including phenoxy) is 3. The van der Waals surface area contributed by atoms with Gasteiger partial charge in [-0.05, 0) is 57.5 Å². The summed E-state index contributed by atoms with van der Waals surface area (Å²) in [5.74, 6) is 2.24. The van der Waals surface area contributed by atoms with E-state index in [4.69, 9.17) is 14.2 Å². The number of rotatable bonds is 8. The zero-order valence-electron chi connectivity index (χ0n) is 16.0. The highest BCUT2D eigenvalue weighted by atomic mass is 16.5. The molecule has 1 saturated heterocycles. The van der Waals surface area contributed by atoms with Crippen molar-refractivity contribution >= 4 is 0 Å². The van der Waals surface area contributed by atoms with E-state index in [1.54, 1.807) is 14.2 Å². The topological polar surface area (TPSA) is 43.8 Å². The molecule has 0 N–H and O–H groups in total. The lowest BCUT2D eigenvalue weighted by molar-refractivity contribution is 0.262. The molecule has 0 unspecified atom stereocenters. The summed E-state index contributed by atoms with van der Waals surface area (Å²) < 4.78 is 16.7. The van der Waals surface area contributed by atoms with E-state index in [2.05, 4.69) is 9.88 Å². The fourth-order valence-corrected chi connectivity index (χ4v) is 3.40. The molecule has 0 amide bonds. The van der Waals surface area contributed by atoms with Crippen molar-refractivity contribution in [3.63, 3.8) is 0 Å². The van der Waals surface area contributed by atoms with E-state index in [9.17, 15) is 0 Å². The van der Waals surface area contributed by atoms with Crippen molar-refractivity contribution in [1.82, 2.24) is 9.88 Å². The minimum atomic E-state index is 0.614. The van der Waals surface area contributed by atoms with Gasteiger partial charge in [0.2, 0.25) is 5.88 Å². The molecule has 0 saturated carbocycles. The standard InChI is InChI=1S/C21H28N2O3/c1-16-18(9-10-21(22-16)25-3)19-8-7-17(15-20(19)24-2)26-14-6-13-23-11-4-5-12-23/h7-10,15H,4-6,11-14H2,1-3H3. The van der Waals surface area contributed by atoms with Crippen molar-refractivity contribution in [2.75, 3.05) is 40.5 Å². The molecule has 1 aliphatic heterocycles. The van der Waals surface area contributed by atoms with E-state index in [-0.39, 0.29) is 0 Å². The summed E-state index contributed by atoms with van der Waals surface area (Å²) in [5, 5.41) is 0. The van der Waals surface area contributed by atoms with Crippen LogP contribution in [-0.2, 0) is 0 Å². The van der Waals surface area contributed by atoms with Gasteiger partial charge in [-0.25, -0.2) is 4.98 Å². The SMILES string of the molecule is COc1ccc(-c2ccc(OCCCN3CCCC3)cc2OC)c(C)n1. The average Bonchev–Trinajstić information content (AvgIpc) is 3.18. The first-order valence-electron chi connectivity index (χ1n) is 9.26. The Labute approximate surface area is 155 Å². The molecule has 140 valence electrons. The van der Waals surface area contributed by atoms with Gasteiger partial charge < -0.3 is 19.1 Å². The number of benzene rings is 1. The molecule has 0 aliphatic carbocycles. The Hall–Kier alpha value is -2.27. The quantitative estimate of drug-likeness (QED) is 0.670. The van der Waals surface area contributed by atoms with Gasteiger partial charge in [0, 0.05) is 35.5 Å². The zero-order chi connectivity index (χ0) is 18.4. The van der Waals surface area contributed by atoms with Gasteiger partial charge in [0.15, 0.2) is 0 Å². The Kier molecular flexibility index (Phi) is 6.34. The van der Waals surface area contributed by atoms with Crippen molar-refractivity contribution < 1.29 is 14.2 Å². The molecule has 0 radical (unpaired) electrons. The molecular weight excluding hydrogens is 328 g/mol. The van der Waals surface area contributed by atoms with Crippen LogP contribution in [-0.4, -0.2) is 50.3 Å². The van der Waals surface area contributed by atoms with E-state index < -0.39 is 0 Å². The van der Waals surface area contributed by atoms with E-state index >= 15 is 0 Å². The first kappa shape index (κ1) is 18.5. The molecule has 0 atom stereocenters. The largest absolute Gasteiger partial charge is 0.496 e. The van der Waals surface area contributed by atoms with Gasteiger partial charge in [0.1, 0.15) is 11.5 Å². The highest BCUT2D eigenvalue weighted by Crippen LogP contribution is 2.35. The molecule has 1 aromatic carbocycles. The minimum Gasteiger partial charge on any atom is -0.496 e. The van der Waals surface area contributed by atoms with Gasteiger partial charge in [0.25, 0.3) is 0 Å². The molecular formula is C21H28N2O3. The number of nitrogens with zero attached hydrogens (tertiary/aromatic N) is 2. The predicted octanol–water partition coefficient (Wildman–Crippen LogP) is 3.94. The highest BCUT2D eigenvalue weighted by molar-refractivity contribution is 5.73. The van der Waals surface area contributed by atoms with Gasteiger partial charge in [0.05, 0.1) is 20.8 Å². The maximum atomic E-state index is 5.92. The van der Waals surface area contributed by atoms with Gasteiger partial charge in [-0.1, -0.05) is 0 Å². The fraction of sp³-hybridized carbons (Fsp3) is 0.476. The van der Waals surface area contributed by atoms with Crippen LogP contribution in [0, 0.1) is 6.92 Å². The van der Waals surface area contributed by atoms with Crippen LogP contribution in [0.5, 0.6) is 17.4 Å². The first-order chi connectivity index (χ1) is 12.7. The minimum absolute atomic E-state index is 0.614. The molecule has 2 aromatic rings. The third-order valence-electron chi connectivity index (χ3n) is 4.82. The van der Waals surface area contributed by atoms with Gasteiger partial charge in [-0.2, -0.15) is 0 Å². The van der Waals surface area contributed by atoms with Crippen LogP contribution in [0.4, 0.5) is 0 Å². The molecule has 0 spiro atoms. The van der Waals surface area contributed by atoms with Crippen LogP contribution in [0.15, 0.2) is 30.3 Å². The van der Waals surface area contributed by atoms with E-state index in [0.717, 1.165) is 47.9 Å². The van der Waals surface area contributed by atoms with Crippen molar-refractivity contribution in [3.8, 4) is 28.5 Å². The Morgan fingerprint density at radius 2 is 1.77 bits per heavy atom. The summed E-state index contributed by atoms with van der Waals surface area (Å²) in [7, 11) is 3.31. The van der Waals surface area contributed by atoms with Crippen LogP contribution in [0.25, 0.3) is 11.1 Å². The Morgan fingerprint density at radius 3 is 2.46 bits per heavy atom. The third-order valence-corrected chi connectivity index (χ3v) is 4.82. The second-order valence-corrected chi connectivity index (χ2v) is 6.60. The predicted molar refractivity (Wildman–Crippen MR) is 103 cm³/mol. The van der Waals surface area contributed by atoms with Crippen molar-refractivity contribution in [2.24, 2.45) is 0 Å². The lowest BCUT2D eigenvalue weighted by atomic mass is 10.0. The number of aromatic nitrogens is 1. The molecule has 1 fully saturated rings. The van der Waals surface area contributed by atoms with Crippen LogP contribution >= 0.6 is 0 Å². The summed E-state index contributed by atoms with van der Waals surface area (Å²) in [4.78, 5) is 6.96. The summed E-state index contributed by atoms with van der Waals surface area (Å²) in [6.07, 6.45) is 3.71. The highest BCUT2D eigenvalue weighted by Gasteiger charge is 2.13. The summed E-state index contributed by atoms with van der Waals surface area (Å²) in [5.41, 5.74) is 2.94. The maximum Gasteiger partial charge on any atom is 0.213 e. The third kappa shape index (κ3) is 4.47. The number of hydrogen-bond donors (Lipinski definition) is 0. The van der Waals surface area contributed by atoms with Gasteiger partial charge >= 0.3 is 0 Å². The lowest BCUT2D eigenvalue weighted by Crippen LogP contribution is -2.21. The van der Waals surface area contributed by atoms with Gasteiger partial charge in [-0.15, -0.1) is 0 Å². The fourth-order valence-electron chi connectivity index (χ4n) is 3.40. The van der Waals surface area contributed by atoms with E-state index in [0.29, 0.717) is 5.88 Å². The van der Waals surface area contributed by atoms with Crippen LogP contribution in [0.3, 0.4) is 0 Å². The first-order valence-corrected chi connectivity index (χ1v) is 9.26. The molecule has 5 heteroatoms. The Balaban J connectivity index is 1.65. The molecule has 1 aliphatic rings. The number of pyridine rings is 1. The van der Waals surface area contributed by atoms with Crippen LogP contribution < -0.4 is 14.2 Å². The monoisotopic (exact) mass is 356 g/mol. The van der Waals surface area contributed by atoms with Gasteiger partial charge in [-0.3, -0.25) is 0 Å². The number of aryl methyl sites for hydroxylation is 1. The zero-order valence-corrected chi connectivity index (χ0v) is 16.0. The second kappa shape index (κ2) is 8.90. The second-order valence-electron chi connectivity index (χ2n) is 6.60. The lowest BCUT2D eigenvalue weighted by Gasteiger charge is -2.16. The number of hydrogen-bond acceptors (Lipinski definition) is 5. The summed E-state index contributed by atoms with van der Waals surface area (Å²) in [6, 6.07) is 9.86. The van der Waals surface area contributed by atoms with Crippen molar-refractivity contribution in [1.29, 1.82) is 0 Å². The summed E-state index contributed by atoms with van der Waals surface area (Å²) in [6.45, 7) is 6.28. The number of methoxy groups -OCH3 is 2. The molecule has 3 rings (SSSR count). The molecule has 5 nitrogen and oxygen atoms in total. The molecule has 2 heterocycles. The van der Waals surface area contributed by atoms with Crippen molar-refractivity contribution in [2.45, 2.75) is 26.2 Å². The normalized spacial score (nSPS) is 14.4. The van der Waals surface area contributed by atoms with E-state index in [1.165, 1.54) is 25.9 Å². The smallest absolute Gasteiger partial charge is 0.213 e. The maximum absolute atomic E-state index is 5.92. The Bertz CT molecular complexity index is 727.